The van der Waals surface area contributed by atoms with Crippen molar-refractivity contribution in [1.82, 2.24) is 0 Å². The molecule has 2 heterocycles. The average molecular weight is 499 g/mol. The van der Waals surface area contributed by atoms with Crippen LogP contribution in [0.4, 0.5) is 11.4 Å². The molecule has 3 aromatic rings. The van der Waals surface area contributed by atoms with Crippen molar-refractivity contribution >= 4 is 46.4 Å². The fourth-order valence-corrected chi connectivity index (χ4v) is 5.03. The van der Waals surface area contributed by atoms with E-state index in [4.69, 9.17) is 32.8 Å². The van der Waals surface area contributed by atoms with Crippen LogP contribution in [0.2, 0.25) is 10.0 Å². The molecule has 1 N–H and O–H groups in total. The van der Waals surface area contributed by atoms with Crippen molar-refractivity contribution in [2.45, 2.75) is 19.1 Å². The summed E-state index contributed by atoms with van der Waals surface area (Å²) in [5.74, 6) is -1.64. The number of rotatable bonds is 5. The molecule has 5 rings (SSSR count). The Morgan fingerprint density at radius 1 is 0.971 bits per heavy atom. The first kappa shape index (κ1) is 22.5. The third-order valence-corrected chi connectivity index (χ3v) is 6.52. The van der Waals surface area contributed by atoms with Gasteiger partial charge in [-0.05, 0) is 48.9 Å². The molecule has 2 fully saturated rings. The lowest BCUT2D eigenvalue weighted by atomic mass is 9.90. The van der Waals surface area contributed by atoms with Crippen LogP contribution < -0.4 is 14.7 Å². The molecule has 7 nitrogen and oxygen atoms in total. The lowest BCUT2D eigenvalue weighted by Gasteiger charge is -2.29. The van der Waals surface area contributed by atoms with Gasteiger partial charge in [-0.2, -0.15) is 0 Å². The minimum Gasteiger partial charge on any atom is -0.504 e. The van der Waals surface area contributed by atoms with Crippen LogP contribution in [0, 0.1) is 5.92 Å². The van der Waals surface area contributed by atoms with E-state index in [1.165, 1.54) is 6.07 Å². The van der Waals surface area contributed by atoms with Gasteiger partial charge in [0.05, 0.1) is 34.1 Å². The molecule has 0 radical (unpaired) electrons. The summed E-state index contributed by atoms with van der Waals surface area (Å²) in [6.07, 6.45) is -1.07. The quantitative estimate of drug-likeness (QED) is 0.490. The number of carbonyl (C=O) groups is 2. The number of imide groups is 1. The number of fused-ring (bicyclic) bond motifs is 1. The first-order valence-electron chi connectivity index (χ1n) is 10.7. The number of hydrogen-bond donors (Lipinski definition) is 1. The number of amides is 2. The molecule has 0 spiro atoms. The second-order valence-electron chi connectivity index (χ2n) is 7.90. The molecule has 9 heteroatoms. The van der Waals surface area contributed by atoms with Gasteiger partial charge in [-0.3, -0.25) is 14.4 Å². The molecule has 2 saturated heterocycles. The topological polar surface area (TPSA) is 79.3 Å². The van der Waals surface area contributed by atoms with Crippen LogP contribution in [0.25, 0.3) is 0 Å². The van der Waals surface area contributed by atoms with Gasteiger partial charge >= 0.3 is 0 Å². The van der Waals surface area contributed by atoms with E-state index in [0.29, 0.717) is 17.9 Å². The van der Waals surface area contributed by atoms with Gasteiger partial charge in [-0.1, -0.05) is 53.5 Å². The molecule has 3 aromatic carbocycles. The molecular weight excluding hydrogens is 479 g/mol. The molecule has 0 aromatic heterocycles. The van der Waals surface area contributed by atoms with E-state index in [0.717, 1.165) is 4.90 Å². The molecule has 2 aliphatic heterocycles. The molecule has 0 saturated carbocycles. The highest BCUT2D eigenvalue weighted by molar-refractivity contribution is 6.42. The van der Waals surface area contributed by atoms with Gasteiger partial charge in [0, 0.05) is 0 Å². The number of phenols is 1. The largest absolute Gasteiger partial charge is 0.504 e. The van der Waals surface area contributed by atoms with Crippen molar-refractivity contribution < 1.29 is 24.3 Å². The molecule has 2 aliphatic rings. The Kier molecular flexibility index (Phi) is 5.85. The number of para-hydroxylation sites is 2. The van der Waals surface area contributed by atoms with E-state index in [-0.39, 0.29) is 27.2 Å². The van der Waals surface area contributed by atoms with Gasteiger partial charge in [0.15, 0.2) is 17.6 Å². The summed E-state index contributed by atoms with van der Waals surface area (Å²) < 4.78 is 5.55. The molecule has 3 atom stereocenters. The zero-order valence-electron chi connectivity index (χ0n) is 18.0. The van der Waals surface area contributed by atoms with Crippen LogP contribution in [0.1, 0.15) is 18.5 Å². The molecule has 0 unspecified atom stereocenters. The summed E-state index contributed by atoms with van der Waals surface area (Å²) in [5.41, 5.74) is 1.46. The second-order valence-corrected chi connectivity index (χ2v) is 8.71. The highest BCUT2D eigenvalue weighted by Gasteiger charge is 2.60. The normalized spacial score (nSPS) is 21.8. The maximum Gasteiger partial charge on any atom is 0.266 e. The Bertz CT molecular complexity index is 1250. The Morgan fingerprint density at radius 2 is 1.68 bits per heavy atom. The van der Waals surface area contributed by atoms with E-state index in [1.54, 1.807) is 35.4 Å². The average Bonchev–Trinajstić information content (AvgIpc) is 3.33. The van der Waals surface area contributed by atoms with Crippen molar-refractivity contribution in [3.8, 4) is 11.5 Å². The van der Waals surface area contributed by atoms with Crippen LogP contribution in [-0.4, -0.2) is 29.6 Å². The Morgan fingerprint density at radius 3 is 2.35 bits per heavy atom. The highest BCUT2D eigenvalue weighted by atomic mass is 35.5. The summed E-state index contributed by atoms with van der Waals surface area (Å²) in [4.78, 5) is 34.3. The monoisotopic (exact) mass is 498 g/mol. The molecule has 174 valence electrons. The van der Waals surface area contributed by atoms with Gasteiger partial charge in [0.2, 0.25) is 5.91 Å². The first-order chi connectivity index (χ1) is 16.4. The van der Waals surface area contributed by atoms with Gasteiger partial charge < -0.3 is 9.84 Å². The fraction of sp³-hybridized carbons (Fsp3) is 0.200. The molecule has 34 heavy (non-hydrogen) atoms. The van der Waals surface area contributed by atoms with E-state index in [9.17, 15) is 14.7 Å². The lowest BCUT2D eigenvalue weighted by molar-refractivity contribution is -0.126. The SMILES string of the molecule is CCOc1cc([C@@H]2[C@H]3C(=O)N(c4c(Cl)cccc4Cl)C(=O)[C@@H]3ON2c2ccccc2)ccc1O. The zero-order valence-corrected chi connectivity index (χ0v) is 19.5. The molecule has 2 amide bonds. The number of aromatic hydroxyl groups is 1. The second kappa shape index (κ2) is 8.83. The predicted octanol–water partition coefficient (Wildman–Crippen LogP) is 5.15. The van der Waals surface area contributed by atoms with E-state index in [1.807, 2.05) is 37.3 Å². The van der Waals surface area contributed by atoms with Gasteiger partial charge in [0.1, 0.15) is 5.92 Å². The maximum atomic E-state index is 13.7. The summed E-state index contributed by atoms with van der Waals surface area (Å²) in [7, 11) is 0. The zero-order chi connectivity index (χ0) is 24.0. The standard InChI is InChI=1S/C25H20Cl2N2O5/c1-2-33-19-13-14(11-12-18(19)30)21-20-23(34-29(21)15-7-4-3-5-8-15)25(32)28(24(20)31)22-16(26)9-6-10-17(22)27/h3-13,20-21,23,30H,2H2,1H3/t20-,21-,23-/m1/s1. The minimum atomic E-state index is -1.07. The number of hydroxylamine groups is 1. The smallest absolute Gasteiger partial charge is 0.266 e. The van der Waals surface area contributed by atoms with Crippen molar-refractivity contribution in [3.05, 3.63) is 82.3 Å². The maximum absolute atomic E-state index is 13.7. The van der Waals surface area contributed by atoms with E-state index >= 15 is 0 Å². The number of carbonyl (C=O) groups excluding carboxylic acids is 2. The number of phenolic OH excluding ortho intramolecular Hbond substituents is 1. The summed E-state index contributed by atoms with van der Waals surface area (Å²) in [6.45, 7) is 2.16. The van der Waals surface area contributed by atoms with Crippen molar-refractivity contribution in [2.75, 3.05) is 16.6 Å². The minimum absolute atomic E-state index is 0.0226. The third kappa shape index (κ3) is 3.57. The number of nitrogens with zero attached hydrogens (tertiary/aromatic N) is 2. The van der Waals surface area contributed by atoms with Crippen molar-refractivity contribution in [2.24, 2.45) is 5.92 Å². The number of anilines is 2. The van der Waals surface area contributed by atoms with Crippen LogP contribution in [0.5, 0.6) is 11.5 Å². The van der Waals surface area contributed by atoms with Crippen LogP contribution in [0.3, 0.4) is 0 Å². The summed E-state index contributed by atoms with van der Waals surface area (Å²) in [6, 6.07) is 18.2. The van der Waals surface area contributed by atoms with Crippen molar-refractivity contribution in [1.29, 1.82) is 0 Å². The van der Waals surface area contributed by atoms with Gasteiger partial charge in [-0.25, -0.2) is 9.96 Å². The summed E-state index contributed by atoms with van der Waals surface area (Å²) in [5, 5.41) is 12.1. The Labute approximate surface area is 206 Å². The third-order valence-electron chi connectivity index (χ3n) is 5.91. The number of hydrogen-bond acceptors (Lipinski definition) is 6. The fourth-order valence-electron chi connectivity index (χ4n) is 4.46. The van der Waals surface area contributed by atoms with Crippen molar-refractivity contribution in [3.63, 3.8) is 0 Å². The Balaban J connectivity index is 1.62. The van der Waals surface area contributed by atoms with Crippen LogP contribution in [-0.2, 0) is 14.4 Å². The van der Waals surface area contributed by atoms with Crippen LogP contribution >= 0.6 is 23.2 Å². The number of ether oxygens (including phenoxy) is 1. The molecule has 0 bridgehead atoms. The Hall–Kier alpha value is -3.26. The highest BCUT2D eigenvalue weighted by Crippen LogP contribution is 2.50. The predicted molar refractivity (Wildman–Crippen MR) is 128 cm³/mol. The molecular formula is C25H20Cl2N2O5. The van der Waals surface area contributed by atoms with Gasteiger partial charge in [0.25, 0.3) is 5.91 Å². The van der Waals surface area contributed by atoms with E-state index in [2.05, 4.69) is 0 Å². The molecule has 0 aliphatic carbocycles. The number of benzene rings is 3. The van der Waals surface area contributed by atoms with Gasteiger partial charge in [-0.15, -0.1) is 0 Å². The van der Waals surface area contributed by atoms with Crippen LogP contribution in [0.15, 0.2) is 66.7 Å². The summed E-state index contributed by atoms with van der Waals surface area (Å²) >= 11 is 12.6. The van der Waals surface area contributed by atoms with E-state index < -0.39 is 29.9 Å². The lowest BCUT2D eigenvalue weighted by Crippen LogP contribution is -2.37. The first-order valence-corrected chi connectivity index (χ1v) is 11.5. The number of halogens is 2.